The van der Waals surface area contributed by atoms with Gasteiger partial charge in [-0.05, 0) is 47.9 Å². The fourth-order valence-electron chi connectivity index (χ4n) is 2.84. The molecule has 0 fully saturated rings. The van der Waals surface area contributed by atoms with Gasteiger partial charge in [0, 0.05) is 18.1 Å². The molecular weight excluding hydrogens is 462 g/mol. The number of hydrogen-bond donors (Lipinski definition) is 5. The Morgan fingerprint density at radius 3 is 2.25 bits per heavy atom. The van der Waals surface area contributed by atoms with E-state index in [0.29, 0.717) is 11.8 Å². The number of urea groups is 1. The van der Waals surface area contributed by atoms with E-state index in [1.54, 1.807) is 25.2 Å². The van der Waals surface area contributed by atoms with Crippen molar-refractivity contribution in [3.8, 4) is 0 Å². The van der Waals surface area contributed by atoms with Crippen molar-refractivity contribution >= 4 is 59.8 Å². The summed E-state index contributed by atoms with van der Waals surface area (Å²) in [4.78, 5) is 9.83. The van der Waals surface area contributed by atoms with Crippen LogP contribution in [0.2, 0.25) is 0 Å². The van der Waals surface area contributed by atoms with E-state index >= 15 is 0 Å². The van der Waals surface area contributed by atoms with Gasteiger partial charge in [0.05, 0.1) is 16.3 Å². The Bertz CT molecular complexity index is 1470. The van der Waals surface area contributed by atoms with E-state index < -0.39 is 36.1 Å². The smallest absolute Gasteiger partial charge is 0.316 e. The van der Waals surface area contributed by atoms with Gasteiger partial charge in [-0.1, -0.05) is 6.07 Å². The van der Waals surface area contributed by atoms with Crippen molar-refractivity contribution in [1.29, 1.82) is 0 Å². The maximum atomic E-state index is 11.7. The third-order valence-electron chi connectivity index (χ3n) is 4.26. The van der Waals surface area contributed by atoms with Crippen LogP contribution in [0.1, 0.15) is 0 Å². The predicted molar refractivity (Wildman–Crippen MR) is 117 cm³/mol. The second kappa shape index (κ2) is 8.51. The molecule has 2 amide bonds. The minimum Gasteiger partial charge on any atom is -0.388 e. The van der Waals surface area contributed by atoms with Crippen LogP contribution in [0, 0.1) is 0 Å². The number of nitrogens with two attached hydrogens (primary N) is 1. The molecule has 3 aromatic rings. The van der Waals surface area contributed by atoms with Gasteiger partial charge < -0.3 is 16.4 Å². The van der Waals surface area contributed by atoms with Gasteiger partial charge in [-0.3, -0.25) is 9.11 Å². The highest BCUT2D eigenvalue weighted by molar-refractivity contribution is 7.86. The lowest BCUT2D eigenvalue weighted by atomic mass is 10.1. The minimum absolute atomic E-state index is 0.00769. The van der Waals surface area contributed by atoms with Crippen molar-refractivity contribution in [2.24, 2.45) is 16.0 Å². The van der Waals surface area contributed by atoms with Crippen LogP contribution in [-0.2, 0) is 20.2 Å². The van der Waals surface area contributed by atoms with Gasteiger partial charge in [-0.15, -0.1) is 5.11 Å². The quantitative estimate of drug-likeness (QED) is 0.262. The molecule has 0 saturated heterocycles. The normalized spacial score (nSPS) is 12.2. The lowest BCUT2D eigenvalue weighted by Gasteiger charge is -2.09. The summed E-state index contributed by atoms with van der Waals surface area (Å²) in [5.41, 5.74) is 6.57. The first-order valence-corrected chi connectivity index (χ1v) is 11.6. The molecule has 32 heavy (non-hydrogen) atoms. The topological polar surface area (TPSA) is 201 Å². The van der Waals surface area contributed by atoms with E-state index in [-0.39, 0.29) is 27.8 Å². The molecule has 0 bridgehead atoms. The van der Waals surface area contributed by atoms with Crippen LogP contribution in [0.5, 0.6) is 0 Å². The van der Waals surface area contributed by atoms with E-state index in [2.05, 4.69) is 20.9 Å². The number of anilines is 2. The van der Waals surface area contributed by atoms with Crippen molar-refractivity contribution in [2.75, 3.05) is 17.7 Å². The molecule has 0 aliphatic rings. The van der Waals surface area contributed by atoms with Gasteiger partial charge in [0.15, 0.2) is 0 Å². The largest absolute Gasteiger partial charge is 0.388 e. The third-order valence-corrected chi connectivity index (χ3v) is 5.99. The predicted octanol–water partition coefficient (Wildman–Crippen LogP) is 3.28. The third kappa shape index (κ3) is 5.17. The van der Waals surface area contributed by atoms with Crippen molar-refractivity contribution in [3.05, 3.63) is 48.5 Å². The van der Waals surface area contributed by atoms with Crippen LogP contribution in [0.3, 0.4) is 0 Å². The highest BCUT2D eigenvalue weighted by atomic mass is 32.2. The van der Waals surface area contributed by atoms with Crippen molar-refractivity contribution in [3.63, 3.8) is 0 Å². The number of rotatable bonds is 6. The molecule has 0 saturated carbocycles. The second-order valence-corrected chi connectivity index (χ2v) is 9.26. The second-order valence-electron chi connectivity index (χ2n) is 6.45. The first kappa shape index (κ1) is 23.1. The Kier molecular flexibility index (Phi) is 6.13. The van der Waals surface area contributed by atoms with Gasteiger partial charge in [0.25, 0.3) is 20.2 Å². The number of nitrogens with zero attached hydrogens (tertiary/aromatic N) is 2. The molecule has 14 heteroatoms. The molecule has 12 nitrogen and oxygen atoms in total. The summed E-state index contributed by atoms with van der Waals surface area (Å²) < 4.78 is 65.2. The number of carbonyl (C=O) groups excluding carboxylic acids is 1. The summed E-state index contributed by atoms with van der Waals surface area (Å²) in [6.45, 7) is 0. The van der Waals surface area contributed by atoms with Crippen LogP contribution in [0.15, 0.2) is 68.6 Å². The van der Waals surface area contributed by atoms with Gasteiger partial charge >= 0.3 is 6.03 Å². The zero-order valence-corrected chi connectivity index (χ0v) is 18.0. The first-order chi connectivity index (χ1) is 14.9. The number of nitrogens with one attached hydrogen (secondary N) is 2. The Labute approximate surface area is 182 Å². The summed E-state index contributed by atoms with van der Waals surface area (Å²) in [6.07, 6.45) is 0. The standard InChI is InChI=1S/C18H17N5O7S2/c1-20-11-3-5-15(16(8-11)21-18(19)24)23-22-12-2-4-14-10(6-12)7-13(31(25,26)27)9-17(14)32(28,29)30/h2-9,20H,1H3,(H3,19,21,24)(H,25,26,27)(H,28,29,30). The molecule has 3 aromatic carbocycles. The number of primary amides is 1. The summed E-state index contributed by atoms with van der Waals surface area (Å²) >= 11 is 0. The van der Waals surface area contributed by atoms with Crippen LogP contribution in [0.25, 0.3) is 10.8 Å². The summed E-state index contributed by atoms with van der Waals surface area (Å²) in [5.74, 6) is 0. The SMILES string of the molecule is CNc1ccc(N=Nc2ccc3c(S(=O)(=O)O)cc(S(=O)(=O)O)cc3c2)c(NC(N)=O)c1. The first-order valence-electron chi connectivity index (χ1n) is 8.71. The Morgan fingerprint density at radius 2 is 1.66 bits per heavy atom. The summed E-state index contributed by atoms with van der Waals surface area (Å²) in [7, 11) is -7.87. The molecule has 0 aliphatic carbocycles. The zero-order chi connectivity index (χ0) is 23.7. The lowest BCUT2D eigenvalue weighted by molar-refractivity contribution is 0.259. The molecule has 0 heterocycles. The fraction of sp³-hybridized carbons (Fsp3) is 0.0556. The minimum atomic E-state index is -4.79. The summed E-state index contributed by atoms with van der Waals surface area (Å²) in [6, 6.07) is 9.69. The van der Waals surface area contributed by atoms with Crippen molar-refractivity contribution < 1.29 is 30.7 Å². The number of azo groups is 1. The van der Waals surface area contributed by atoms with Gasteiger partial charge in [0.1, 0.15) is 10.6 Å². The van der Waals surface area contributed by atoms with E-state index in [0.717, 1.165) is 6.07 Å². The number of amides is 2. The Morgan fingerprint density at radius 1 is 0.938 bits per heavy atom. The molecule has 0 aromatic heterocycles. The Balaban J connectivity index is 2.12. The molecule has 168 valence electrons. The molecule has 3 rings (SSSR count). The highest BCUT2D eigenvalue weighted by Gasteiger charge is 2.20. The molecule has 0 spiro atoms. The average molecular weight is 479 g/mol. The van der Waals surface area contributed by atoms with Gasteiger partial charge in [-0.25, -0.2) is 4.79 Å². The fourth-order valence-corrected chi connectivity index (χ4v) is 4.20. The lowest BCUT2D eigenvalue weighted by Crippen LogP contribution is -2.19. The summed E-state index contributed by atoms with van der Waals surface area (Å²) in [5, 5.41) is 13.4. The van der Waals surface area contributed by atoms with E-state index in [9.17, 15) is 30.7 Å². The van der Waals surface area contributed by atoms with Gasteiger partial charge in [0.2, 0.25) is 0 Å². The zero-order valence-electron chi connectivity index (χ0n) is 16.3. The van der Waals surface area contributed by atoms with Crippen LogP contribution < -0.4 is 16.4 Å². The number of fused-ring (bicyclic) bond motifs is 1. The van der Waals surface area contributed by atoms with E-state index in [4.69, 9.17) is 5.73 Å². The molecule has 0 aliphatic heterocycles. The van der Waals surface area contributed by atoms with Gasteiger partial charge in [-0.2, -0.15) is 21.9 Å². The number of carbonyl (C=O) groups is 1. The monoisotopic (exact) mass is 479 g/mol. The van der Waals surface area contributed by atoms with E-state index in [1.165, 1.54) is 18.2 Å². The number of hydrogen-bond acceptors (Lipinski definition) is 8. The number of benzene rings is 3. The maximum absolute atomic E-state index is 11.7. The van der Waals surface area contributed by atoms with Crippen LogP contribution >= 0.6 is 0 Å². The Hall–Kier alpha value is -3.59. The highest BCUT2D eigenvalue weighted by Crippen LogP contribution is 2.33. The maximum Gasteiger partial charge on any atom is 0.316 e. The molecule has 0 radical (unpaired) electrons. The molecule has 0 atom stereocenters. The average Bonchev–Trinajstić information content (AvgIpc) is 2.69. The van der Waals surface area contributed by atoms with Crippen LogP contribution in [0.4, 0.5) is 27.5 Å². The van der Waals surface area contributed by atoms with Crippen molar-refractivity contribution in [1.82, 2.24) is 0 Å². The van der Waals surface area contributed by atoms with Crippen molar-refractivity contribution in [2.45, 2.75) is 9.79 Å². The molecule has 0 unspecified atom stereocenters. The molecule has 6 N–H and O–H groups in total. The van der Waals surface area contributed by atoms with E-state index in [1.807, 2.05) is 0 Å². The molecular formula is C18H17N5O7S2. The van der Waals surface area contributed by atoms with Crippen LogP contribution in [-0.4, -0.2) is 39.0 Å².